The minimum absolute atomic E-state index is 0.0170. The molecule has 0 spiro atoms. The molecule has 56 heavy (non-hydrogen) atoms. The molecule has 4 unspecified atom stereocenters. The summed E-state index contributed by atoms with van der Waals surface area (Å²) in [5.41, 5.74) is -0.220. The summed E-state index contributed by atoms with van der Waals surface area (Å²) in [6.07, 6.45) is 19.3. The molecular weight excluding hydrogens is 707 g/mol. The van der Waals surface area contributed by atoms with E-state index in [2.05, 4.69) is 64.9 Å². The Hall–Kier alpha value is -1.83. The van der Waals surface area contributed by atoms with Crippen molar-refractivity contribution in [3.05, 3.63) is 0 Å². The highest BCUT2D eigenvalue weighted by Crippen LogP contribution is 2.29. The normalized spacial score (nSPS) is 31.2. The molecule has 12 heteroatoms. The molecule has 4 fully saturated rings. The number of ether oxygens (including phenoxy) is 2. The Morgan fingerprint density at radius 3 is 1.20 bits per heavy atom. The second kappa shape index (κ2) is 24.3. The summed E-state index contributed by atoms with van der Waals surface area (Å²) in [6.45, 7) is 16.0. The number of hydrogen-bond donors (Lipinski definition) is 7. The molecule has 324 valence electrons. The van der Waals surface area contributed by atoms with E-state index in [4.69, 9.17) is 9.47 Å². The molecular formula is C44H83N7O5. The van der Waals surface area contributed by atoms with Crippen molar-refractivity contribution in [3.8, 4) is 0 Å². The van der Waals surface area contributed by atoms with Gasteiger partial charge in [-0.05, 0) is 122 Å². The predicted molar refractivity (Wildman–Crippen MR) is 224 cm³/mol. The quantitative estimate of drug-likeness (QED) is 0.0639. The largest absolute Gasteiger partial charge is 0.465 e. The topological polar surface area (TPSA) is 154 Å². The first-order valence-corrected chi connectivity index (χ1v) is 23.1. The standard InChI is InChI=1S/C44H83N7O5/c1-8-12-14-30(10-3)28-55-39(53)33-18-24-36(25-19-33)46-42-48-41(45-35-22-16-32(17-23-35)38(52)51-44(5,6)7)49-43(50-42)47-37-26-20-34(21-27-37)40(54)56-29-31(11-4)15-13-9-2/h30-37,41-43,45-50H,8-29H2,1-7H3,(H,51,52). The van der Waals surface area contributed by atoms with Crippen LogP contribution < -0.4 is 37.2 Å². The van der Waals surface area contributed by atoms with Gasteiger partial charge in [-0.15, -0.1) is 0 Å². The van der Waals surface area contributed by atoms with Crippen LogP contribution in [0.2, 0.25) is 0 Å². The van der Waals surface area contributed by atoms with Gasteiger partial charge in [-0.3, -0.25) is 46.3 Å². The average Bonchev–Trinajstić information content (AvgIpc) is 3.18. The second-order valence-corrected chi connectivity index (χ2v) is 18.8. The monoisotopic (exact) mass is 790 g/mol. The number of unbranched alkanes of at least 4 members (excludes halogenated alkanes) is 2. The zero-order valence-electron chi connectivity index (χ0n) is 36.4. The van der Waals surface area contributed by atoms with Gasteiger partial charge in [0.05, 0.1) is 25.0 Å². The van der Waals surface area contributed by atoms with E-state index < -0.39 is 0 Å². The molecule has 3 aliphatic carbocycles. The number of esters is 2. The SMILES string of the molecule is CCCCC(CC)COC(=O)C1CCC(NC2NC(NC3CCC(C(=O)NC(C)(C)C)CC3)NC(NC3CCC(C(=O)OCC(CC)CCCC)CC3)N2)CC1. The molecule has 0 bridgehead atoms. The number of amides is 1. The van der Waals surface area contributed by atoms with E-state index in [0.29, 0.717) is 31.1 Å². The van der Waals surface area contributed by atoms with Crippen molar-refractivity contribution in [1.82, 2.24) is 37.2 Å². The van der Waals surface area contributed by atoms with Crippen molar-refractivity contribution in [2.75, 3.05) is 13.2 Å². The maximum absolute atomic E-state index is 13.0. The Kier molecular flexibility index (Phi) is 20.3. The van der Waals surface area contributed by atoms with Crippen LogP contribution in [0.4, 0.5) is 0 Å². The first-order chi connectivity index (χ1) is 26.9. The highest BCUT2D eigenvalue weighted by molar-refractivity contribution is 5.79. The molecule has 4 aliphatic rings. The van der Waals surface area contributed by atoms with Crippen LogP contribution in [-0.2, 0) is 23.9 Å². The molecule has 4 rings (SSSR count). The van der Waals surface area contributed by atoms with Crippen molar-refractivity contribution in [2.45, 2.75) is 219 Å². The van der Waals surface area contributed by atoms with E-state index in [-0.39, 0.29) is 72.1 Å². The van der Waals surface area contributed by atoms with Gasteiger partial charge in [0, 0.05) is 29.6 Å². The minimum Gasteiger partial charge on any atom is -0.465 e. The first-order valence-electron chi connectivity index (χ1n) is 23.1. The molecule has 1 saturated heterocycles. The fourth-order valence-corrected chi connectivity index (χ4v) is 9.06. The van der Waals surface area contributed by atoms with E-state index in [1.54, 1.807) is 0 Å². The summed E-state index contributed by atoms with van der Waals surface area (Å²) < 4.78 is 11.7. The third kappa shape index (κ3) is 16.4. The van der Waals surface area contributed by atoms with E-state index in [0.717, 1.165) is 103 Å². The van der Waals surface area contributed by atoms with Gasteiger partial charge in [0.25, 0.3) is 0 Å². The van der Waals surface area contributed by atoms with Crippen LogP contribution in [-0.4, -0.2) is 73.6 Å². The van der Waals surface area contributed by atoms with Crippen molar-refractivity contribution in [1.29, 1.82) is 0 Å². The molecule has 0 aromatic heterocycles. The van der Waals surface area contributed by atoms with Crippen molar-refractivity contribution in [2.24, 2.45) is 29.6 Å². The van der Waals surface area contributed by atoms with Gasteiger partial charge in [-0.2, -0.15) is 0 Å². The Labute approximate surface area is 340 Å². The van der Waals surface area contributed by atoms with Crippen molar-refractivity contribution < 1.29 is 23.9 Å². The van der Waals surface area contributed by atoms with Crippen LogP contribution in [0.3, 0.4) is 0 Å². The lowest BCUT2D eigenvalue weighted by Crippen LogP contribution is -2.79. The molecule has 12 nitrogen and oxygen atoms in total. The Morgan fingerprint density at radius 2 is 0.893 bits per heavy atom. The van der Waals surface area contributed by atoms with Crippen LogP contribution in [0.1, 0.15) is 177 Å². The lowest BCUT2D eigenvalue weighted by Gasteiger charge is -2.44. The van der Waals surface area contributed by atoms with Gasteiger partial charge in [0.1, 0.15) is 18.9 Å². The van der Waals surface area contributed by atoms with Gasteiger partial charge in [0.15, 0.2) is 0 Å². The number of carbonyl (C=O) groups excluding carboxylic acids is 3. The molecule has 1 heterocycles. The molecule has 0 aromatic rings. The summed E-state index contributed by atoms with van der Waals surface area (Å²) in [5, 5.41) is 25.8. The summed E-state index contributed by atoms with van der Waals surface area (Å²) in [5.74, 6) is 1.09. The Morgan fingerprint density at radius 1 is 0.554 bits per heavy atom. The first kappa shape index (κ1) is 46.9. The number of hydrogen-bond acceptors (Lipinski definition) is 11. The summed E-state index contributed by atoms with van der Waals surface area (Å²) >= 11 is 0. The van der Waals surface area contributed by atoms with Gasteiger partial charge in [-0.25, -0.2) is 0 Å². The summed E-state index contributed by atoms with van der Waals surface area (Å²) in [4.78, 5) is 38.9. The lowest BCUT2D eigenvalue weighted by molar-refractivity contribution is -0.152. The van der Waals surface area contributed by atoms with Crippen LogP contribution >= 0.6 is 0 Å². The molecule has 1 aliphatic heterocycles. The zero-order chi connectivity index (χ0) is 40.5. The van der Waals surface area contributed by atoms with Crippen molar-refractivity contribution >= 4 is 17.8 Å². The molecule has 0 aromatic carbocycles. The van der Waals surface area contributed by atoms with Gasteiger partial charge >= 0.3 is 11.9 Å². The third-order valence-electron chi connectivity index (χ3n) is 12.9. The number of nitrogens with one attached hydrogen (secondary N) is 7. The van der Waals surface area contributed by atoms with E-state index in [1.807, 2.05) is 20.8 Å². The average molecular weight is 790 g/mol. The maximum atomic E-state index is 13.0. The smallest absolute Gasteiger partial charge is 0.308 e. The van der Waals surface area contributed by atoms with E-state index in [1.165, 1.54) is 25.7 Å². The van der Waals surface area contributed by atoms with Crippen LogP contribution in [0.15, 0.2) is 0 Å². The molecule has 0 radical (unpaired) electrons. The van der Waals surface area contributed by atoms with Crippen LogP contribution in [0, 0.1) is 29.6 Å². The van der Waals surface area contributed by atoms with Gasteiger partial charge in [-0.1, -0.05) is 66.2 Å². The van der Waals surface area contributed by atoms with Gasteiger partial charge < -0.3 is 14.8 Å². The Bertz CT molecular complexity index is 1080. The fourth-order valence-electron chi connectivity index (χ4n) is 9.06. The molecule has 7 N–H and O–H groups in total. The minimum atomic E-state index is -0.220. The summed E-state index contributed by atoms with van der Waals surface area (Å²) in [7, 11) is 0. The molecule has 3 saturated carbocycles. The highest BCUT2D eigenvalue weighted by Gasteiger charge is 2.36. The van der Waals surface area contributed by atoms with Gasteiger partial charge in [0.2, 0.25) is 5.91 Å². The zero-order valence-corrected chi connectivity index (χ0v) is 36.4. The highest BCUT2D eigenvalue weighted by atomic mass is 16.5. The lowest BCUT2D eigenvalue weighted by atomic mass is 9.85. The summed E-state index contributed by atoms with van der Waals surface area (Å²) in [6, 6.07) is 0.859. The van der Waals surface area contributed by atoms with Crippen LogP contribution in [0.25, 0.3) is 0 Å². The van der Waals surface area contributed by atoms with Crippen LogP contribution in [0.5, 0.6) is 0 Å². The fraction of sp³-hybridized carbons (Fsp3) is 0.932. The third-order valence-corrected chi connectivity index (χ3v) is 12.9. The number of carbonyl (C=O) groups is 3. The maximum Gasteiger partial charge on any atom is 0.308 e. The van der Waals surface area contributed by atoms with E-state index in [9.17, 15) is 14.4 Å². The number of rotatable bonds is 21. The molecule has 1 amide bonds. The Balaban J connectivity index is 1.28. The predicted octanol–water partition coefficient (Wildman–Crippen LogP) is 6.50. The van der Waals surface area contributed by atoms with E-state index >= 15 is 0 Å². The van der Waals surface area contributed by atoms with Crippen molar-refractivity contribution in [3.63, 3.8) is 0 Å². The second-order valence-electron chi connectivity index (χ2n) is 18.8. The molecule has 4 atom stereocenters.